The molecule has 0 spiro atoms. The van der Waals surface area contributed by atoms with E-state index in [9.17, 15) is 4.39 Å². The molecule has 0 unspecified atom stereocenters. The topological polar surface area (TPSA) is 13.1 Å². The van der Waals surface area contributed by atoms with Crippen molar-refractivity contribution in [2.45, 2.75) is 18.3 Å². The van der Waals surface area contributed by atoms with Gasteiger partial charge >= 0.3 is 0 Å². The van der Waals surface area contributed by atoms with Crippen LogP contribution in [0.15, 0.2) is 83.3 Å². The lowest BCUT2D eigenvalue weighted by Crippen LogP contribution is -2.07. The maximum Gasteiger partial charge on any atom is 0.138 e. The van der Waals surface area contributed by atoms with Gasteiger partial charge in [0.25, 0.3) is 0 Å². The third-order valence-electron chi connectivity index (χ3n) is 5.28. The first-order chi connectivity index (χ1) is 12.3. The van der Waals surface area contributed by atoms with E-state index in [0.717, 1.165) is 11.0 Å². The molecule has 2 heteroatoms. The molecule has 0 radical (unpaired) electrons. The van der Waals surface area contributed by atoms with E-state index in [4.69, 9.17) is 4.42 Å². The lowest BCUT2D eigenvalue weighted by atomic mass is 9.87. The van der Waals surface area contributed by atoms with Crippen molar-refractivity contribution in [3.8, 4) is 11.3 Å². The van der Waals surface area contributed by atoms with Gasteiger partial charge in [0.1, 0.15) is 17.2 Å². The molecule has 1 saturated carbocycles. The first-order valence-electron chi connectivity index (χ1n) is 8.61. The van der Waals surface area contributed by atoms with Crippen LogP contribution >= 0.6 is 0 Å². The van der Waals surface area contributed by atoms with Gasteiger partial charge in [0.2, 0.25) is 0 Å². The van der Waals surface area contributed by atoms with E-state index in [1.54, 1.807) is 12.1 Å². The molecule has 1 aromatic heterocycles. The van der Waals surface area contributed by atoms with Crippen LogP contribution in [0.2, 0.25) is 0 Å². The normalized spacial score (nSPS) is 15.4. The number of halogens is 1. The van der Waals surface area contributed by atoms with E-state index in [1.165, 1.54) is 30.0 Å². The zero-order chi connectivity index (χ0) is 16.9. The minimum atomic E-state index is -0.260. The molecule has 4 aromatic rings. The van der Waals surface area contributed by atoms with Crippen LogP contribution in [0.4, 0.5) is 4.39 Å². The number of hydrogen-bond acceptors (Lipinski definition) is 1. The van der Waals surface area contributed by atoms with E-state index in [-0.39, 0.29) is 11.2 Å². The molecule has 1 aliphatic carbocycles. The predicted octanol–water partition coefficient (Wildman–Crippen LogP) is 6.32. The Hall–Kier alpha value is -2.87. The van der Waals surface area contributed by atoms with E-state index >= 15 is 0 Å². The molecule has 0 amide bonds. The fourth-order valence-corrected chi connectivity index (χ4v) is 3.76. The average molecular weight is 328 g/mol. The van der Waals surface area contributed by atoms with Gasteiger partial charge in [0, 0.05) is 10.8 Å². The Labute approximate surface area is 145 Å². The molecule has 3 aromatic carbocycles. The van der Waals surface area contributed by atoms with Crippen molar-refractivity contribution in [2.24, 2.45) is 0 Å². The molecule has 1 heterocycles. The van der Waals surface area contributed by atoms with Crippen molar-refractivity contribution in [1.29, 1.82) is 0 Å². The van der Waals surface area contributed by atoms with Gasteiger partial charge in [-0.05, 0) is 54.3 Å². The quantitative estimate of drug-likeness (QED) is 0.429. The fraction of sp³-hybridized carbons (Fsp3) is 0.130. The summed E-state index contributed by atoms with van der Waals surface area (Å²) in [6.45, 7) is 0. The highest BCUT2D eigenvalue weighted by molar-refractivity contribution is 5.84. The molecule has 0 aliphatic heterocycles. The second kappa shape index (κ2) is 5.32. The summed E-state index contributed by atoms with van der Waals surface area (Å²) in [4.78, 5) is 0. The first kappa shape index (κ1) is 14.5. The van der Waals surface area contributed by atoms with Crippen LogP contribution in [0.25, 0.3) is 22.3 Å². The zero-order valence-electron chi connectivity index (χ0n) is 13.7. The Morgan fingerprint density at radius 1 is 0.760 bits per heavy atom. The average Bonchev–Trinajstić information content (AvgIpc) is 3.36. The van der Waals surface area contributed by atoms with E-state index in [2.05, 4.69) is 42.5 Å². The van der Waals surface area contributed by atoms with Gasteiger partial charge in [0.05, 0.1) is 5.56 Å². The fourth-order valence-electron chi connectivity index (χ4n) is 3.76. The predicted molar refractivity (Wildman–Crippen MR) is 98.1 cm³/mol. The maximum atomic E-state index is 14.0. The number of furan rings is 1. The third kappa shape index (κ3) is 2.29. The molecule has 1 aliphatic rings. The highest BCUT2D eigenvalue weighted by atomic mass is 19.1. The van der Waals surface area contributed by atoms with Crippen LogP contribution in [0.1, 0.15) is 24.0 Å². The molecular formula is C23H17FO. The molecular weight excluding hydrogens is 311 g/mol. The van der Waals surface area contributed by atoms with E-state index < -0.39 is 0 Å². The Balaban J connectivity index is 1.60. The SMILES string of the molecule is Fc1ccccc1-c1cc2cc(C3(c4ccccc4)CC3)ccc2o1. The van der Waals surface area contributed by atoms with Crippen molar-refractivity contribution in [3.05, 3.63) is 95.8 Å². The summed E-state index contributed by atoms with van der Waals surface area (Å²) in [5, 5.41) is 1.03. The largest absolute Gasteiger partial charge is 0.456 e. The van der Waals surface area contributed by atoms with Crippen molar-refractivity contribution in [3.63, 3.8) is 0 Å². The number of rotatable bonds is 3. The van der Waals surface area contributed by atoms with Crippen LogP contribution < -0.4 is 0 Å². The lowest BCUT2D eigenvalue weighted by molar-refractivity contribution is 0.601. The Bertz CT molecular complexity index is 1060. The number of hydrogen-bond donors (Lipinski definition) is 0. The zero-order valence-corrected chi connectivity index (χ0v) is 13.7. The van der Waals surface area contributed by atoms with Crippen molar-refractivity contribution in [1.82, 2.24) is 0 Å². The maximum absolute atomic E-state index is 14.0. The van der Waals surface area contributed by atoms with Crippen LogP contribution in [0, 0.1) is 5.82 Å². The van der Waals surface area contributed by atoms with Gasteiger partial charge in [0.15, 0.2) is 0 Å². The highest BCUT2D eigenvalue weighted by Gasteiger charge is 2.45. The summed E-state index contributed by atoms with van der Waals surface area (Å²) in [7, 11) is 0. The van der Waals surface area contributed by atoms with Gasteiger partial charge in [-0.15, -0.1) is 0 Å². The van der Waals surface area contributed by atoms with Gasteiger partial charge in [-0.3, -0.25) is 0 Å². The highest BCUT2D eigenvalue weighted by Crippen LogP contribution is 2.53. The molecule has 0 saturated heterocycles. The van der Waals surface area contributed by atoms with Crippen molar-refractivity contribution in [2.75, 3.05) is 0 Å². The molecule has 0 N–H and O–H groups in total. The minimum Gasteiger partial charge on any atom is -0.456 e. The summed E-state index contributed by atoms with van der Waals surface area (Å²) in [5.41, 5.74) is 4.11. The first-order valence-corrected chi connectivity index (χ1v) is 8.61. The van der Waals surface area contributed by atoms with Crippen LogP contribution in [-0.2, 0) is 5.41 Å². The van der Waals surface area contributed by atoms with Crippen LogP contribution in [-0.4, -0.2) is 0 Å². The second-order valence-corrected chi connectivity index (χ2v) is 6.79. The smallest absolute Gasteiger partial charge is 0.138 e. The molecule has 0 bridgehead atoms. The van der Waals surface area contributed by atoms with Gasteiger partial charge in [-0.1, -0.05) is 48.5 Å². The third-order valence-corrected chi connectivity index (χ3v) is 5.28. The summed E-state index contributed by atoms with van der Waals surface area (Å²) in [6.07, 6.45) is 2.33. The second-order valence-electron chi connectivity index (χ2n) is 6.79. The molecule has 1 fully saturated rings. The summed E-state index contributed by atoms with van der Waals surface area (Å²) >= 11 is 0. The van der Waals surface area contributed by atoms with E-state index in [1.807, 2.05) is 18.2 Å². The molecule has 5 rings (SSSR count). The monoisotopic (exact) mass is 328 g/mol. The standard InChI is InChI=1S/C23H17FO/c24-20-9-5-4-8-19(20)22-15-16-14-18(10-11-21(16)25-22)23(12-13-23)17-6-2-1-3-7-17/h1-11,14-15H,12-13H2. The number of benzene rings is 3. The Morgan fingerprint density at radius 3 is 2.28 bits per heavy atom. The minimum absolute atomic E-state index is 0.130. The van der Waals surface area contributed by atoms with Crippen molar-refractivity contribution < 1.29 is 8.81 Å². The molecule has 1 nitrogen and oxygen atoms in total. The van der Waals surface area contributed by atoms with Crippen molar-refractivity contribution >= 4 is 11.0 Å². The summed E-state index contributed by atoms with van der Waals surface area (Å²) < 4.78 is 19.9. The molecule has 122 valence electrons. The Morgan fingerprint density at radius 2 is 1.52 bits per heavy atom. The van der Waals surface area contributed by atoms with Crippen LogP contribution in [0.3, 0.4) is 0 Å². The summed E-state index contributed by atoms with van der Waals surface area (Å²) in [5.74, 6) is 0.319. The van der Waals surface area contributed by atoms with Gasteiger partial charge < -0.3 is 4.42 Å². The lowest BCUT2D eigenvalue weighted by Gasteiger charge is -2.16. The van der Waals surface area contributed by atoms with E-state index in [0.29, 0.717) is 11.3 Å². The summed E-state index contributed by atoms with van der Waals surface area (Å²) in [6, 6.07) is 25.7. The number of fused-ring (bicyclic) bond motifs is 1. The Kier molecular flexibility index (Phi) is 3.08. The molecule has 25 heavy (non-hydrogen) atoms. The van der Waals surface area contributed by atoms with Crippen LogP contribution in [0.5, 0.6) is 0 Å². The van der Waals surface area contributed by atoms with Gasteiger partial charge in [-0.2, -0.15) is 0 Å². The van der Waals surface area contributed by atoms with Gasteiger partial charge in [-0.25, -0.2) is 4.39 Å². The molecule has 0 atom stereocenters.